The van der Waals surface area contributed by atoms with Crippen molar-refractivity contribution in [3.63, 3.8) is 0 Å². The van der Waals surface area contributed by atoms with Crippen molar-refractivity contribution < 1.29 is 19.1 Å². The lowest BCUT2D eigenvalue weighted by atomic mass is 10.1. The van der Waals surface area contributed by atoms with E-state index in [9.17, 15) is 9.59 Å². The number of hydrogen-bond donors (Lipinski definition) is 2. The Kier molecular flexibility index (Phi) is 6.14. The molecule has 0 atom stereocenters. The van der Waals surface area contributed by atoms with E-state index in [-0.39, 0.29) is 11.8 Å². The fourth-order valence-corrected chi connectivity index (χ4v) is 2.81. The summed E-state index contributed by atoms with van der Waals surface area (Å²) in [6.07, 6.45) is 0. The zero-order chi connectivity index (χ0) is 20.8. The summed E-state index contributed by atoms with van der Waals surface area (Å²) in [6, 6.07) is 19.1. The van der Waals surface area contributed by atoms with E-state index in [1.807, 2.05) is 31.2 Å². The van der Waals surface area contributed by atoms with Gasteiger partial charge >= 0.3 is 0 Å². The molecule has 0 aliphatic rings. The van der Waals surface area contributed by atoms with E-state index >= 15 is 0 Å². The number of ether oxygens (including phenoxy) is 2. The van der Waals surface area contributed by atoms with E-state index in [1.54, 1.807) is 49.6 Å². The Bertz CT molecular complexity index is 1030. The molecule has 0 unspecified atom stereocenters. The minimum atomic E-state index is -0.317. The Morgan fingerprint density at radius 1 is 0.759 bits per heavy atom. The topological polar surface area (TPSA) is 76.7 Å². The van der Waals surface area contributed by atoms with E-state index in [4.69, 9.17) is 9.47 Å². The first-order valence-electron chi connectivity index (χ1n) is 9.01. The van der Waals surface area contributed by atoms with Crippen molar-refractivity contribution >= 4 is 23.2 Å². The average Bonchev–Trinajstić information content (AvgIpc) is 2.73. The van der Waals surface area contributed by atoms with E-state index in [1.165, 1.54) is 7.11 Å². The molecule has 6 nitrogen and oxygen atoms in total. The van der Waals surface area contributed by atoms with Gasteiger partial charge in [0.25, 0.3) is 11.8 Å². The maximum Gasteiger partial charge on any atom is 0.255 e. The van der Waals surface area contributed by atoms with Gasteiger partial charge in [-0.15, -0.1) is 0 Å². The molecule has 0 aromatic heterocycles. The van der Waals surface area contributed by atoms with Gasteiger partial charge in [0.05, 0.1) is 19.9 Å². The van der Waals surface area contributed by atoms with E-state index in [2.05, 4.69) is 10.6 Å². The highest BCUT2D eigenvalue weighted by atomic mass is 16.5. The highest BCUT2D eigenvalue weighted by Crippen LogP contribution is 2.29. The zero-order valence-electron chi connectivity index (χ0n) is 16.5. The molecular weight excluding hydrogens is 368 g/mol. The molecule has 0 heterocycles. The molecule has 0 bridgehead atoms. The van der Waals surface area contributed by atoms with Crippen molar-refractivity contribution in [3.05, 3.63) is 83.4 Å². The fraction of sp³-hybridized carbons (Fsp3) is 0.130. The number of methoxy groups -OCH3 is 2. The molecule has 148 valence electrons. The zero-order valence-corrected chi connectivity index (χ0v) is 16.5. The Labute approximate surface area is 169 Å². The predicted octanol–water partition coefficient (Wildman–Crippen LogP) is 4.52. The quantitative estimate of drug-likeness (QED) is 0.649. The molecule has 3 rings (SSSR count). The molecule has 0 spiro atoms. The lowest BCUT2D eigenvalue weighted by Crippen LogP contribution is -2.15. The lowest BCUT2D eigenvalue weighted by molar-refractivity contribution is 0.101. The Morgan fingerprint density at radius 2 is 1.41 bits per heavy atom. The second-order valence-electron chi connectivity index (χ2n) is 6.42. The minimum absolute atomic E-state index is 0.239. The van der Waals surface area contributed by atoms with E-state index < -0.39 is 0 Å². The molecular formula is C23H22N2O4. The van der Waals surface area contributed by atoms with Gasteiger partial charge in [0.15, 0.2) is 0 Å². The smallest absolute Gasteiger partial charge is 0.255 e. The van der Waals surface area contributed by atoms with E-state index in [0.717, 1.165) is 11.3 Å². The van der Waals surface area contributed by atoms with Crippen molar-refractivity contribution in [1.29, 1.82) is 0 Å². The predicted molar refractivity (Wildman–Crippen MR) is 113 cm³/mol. The van der Waals surface area contributed by atoms with Crippen molar-refractivity contribution in [1.82, 2.24) is 0 Å². The van der Waals surface area contributed by atoms with Crippen molar-refractivity contribution in [2.45, 2.75) is 6.92 Å². The van der Waals surface area contributed by atoms with Gasteiger partial charge in [-0.3, -0.25) is 9.59 Å². The molecule has 2 N–H and O–H groups in total. The third-order valence-electron chi connectivity index (χ3n) is 4.34. The highest BCUT2D eigenvalue weighted by Gasteiger charge is 2.12. The lowest BCUT2D eigenvalue weighted by Gasteiger charge is -2.12. The molecule has 0 radical (unpaired) electrons. The number of amides is 2. The molecule has 0 saturated heterocycles. The van der Waals surface area contributed by atoms with Crippen molar-refractivity contribution in [2.75, 3.05) is 24.9 Å². The maximum absolute atomic E-state index is 12.6. The van der Waals surface area contributed by atoms with Crippen LogP contribution < -0.4 is 20.1 Å². The first-order valence-corrected chi connectivity index (χ1v) is 9.01. The number of nitrogens with one attached hydrogen (secondary N) is 2. The maximum atomic E-state index is 12.6. The summed E-state index contributed by atoms with van der Waals surface area (Å²) in [7, 11) is 3.08. The van der Waals surface area contributed by atoms with Crippen LogP contribution in [-0.4, -0.2) is 26.0 Å². The molecule has 6 heteroatoms. The Hall–Kier alpha value is -3.80. The van der Waals surface area contributed by atoms with Crippen LogP contribution in [0.25, 0.3) is 0 Å². The largest absolute Gasteiger partial charge is 0.497 e. The second-order valence-corrected chi connectivity index (χ2v) is 6.42. The molecule has 0 aliphatic heterocycles. The summed E-state index contributed by atoms with van der Waals surface area (Å²) < 4.78 is 10.5. The fourth-order valence-electron chi connectivity index (χ4n) is 2.81. The van der Waals surface area contributed by atoms with Crippen molar-refractivity contribution in [3.8, 4) is 11.5 Å². The third-order valence-corrected chi connectivity index (χ3v) is 4.34. The minimum Gasteiger partial charge on any atom is -0.497 e. The van der Waals surface area contributed by atoms with Crippen LogP contribution in [0.5, 0.6) is 11.5 Å². The van der Waals surface area contributed by atoms with Crippen LogP contribution in [0.4, 0.5) is 11.4 Å². The number of benzene rings is 3. The van der Waals surface area contributed by atoms with Gasteiger partial charge in [0, 0.05) is 22.9 Å². The number of carbonyl (C=O) groups is 2. The van der Waals surface area contributed by atoms with Crippen LogP contribution >= 0.6 is 0 Å². The molecule has 3 aromatic carbocycles. The third kappa shape index (κ3) is 4.93. The summed E-state index contributed by atoms with van der Waals surface area (Å²) in [5.74, 6) is 0.566. The van der Waals surface area contributed by atoms with E-state index in [0.29, 0.717) is 28.3 Å². The molecule has 0 saturated carbocycles. The monoisotopic (exact) mass is 390 g/mol. The number of carbonyl (C=O) groups excluding carboxylic acids is 2. The number of aryl methyl sites for hydroxylation is 1. The molecule has 29 heavy (non-hydrogen) atoms. The van der Waals surface area contributed by atoms with Gasteiger partial charge in [-0.2, -0.15) is 0 Å². The summed E-state index contributed by atoms with van der Waals surface area (Å²) in [4.78, 5) is 25.0. The second kappa shape index (κ2) is 8.93. The number of hydrogen-bond acceptors (Lipinski definition) is 4. The van der Waals surface area contributed by atoms with Crippen LogP contribution in [0.15, 0.2) is 66.7 Å². The highest BCUT2D eigenvalue weighted by molar-refractivity contribution is 6.07. The Morgan fingerprint density at radius 3 is 2.00 bits per heavy atom. The standard InChI is InChI=1S/C23H22N2O4/c1-15-5-4-6-18(13-15)24-22(26)16-7-9-17(10-8-16)23(27)25-20-14-19(28-2)11-12-21(20)29-3/h4-14H,1-3H3,(H,24,26)(H,25,27). The van der Waals surface area contributed by atoms with Crippen LogP contribution in [0, 0.1) is 6.92 Å². The normalized spacial score (nSPS) is 10.2. The first-order chi connectivity index (χ1) is 14.0. The van der Waals surface area contributed by atoms with Gasteiger partial charge < -0.3 is 20.1 Å². The Balaban J connectivity index is 1.71. The molecule has 0 aliphatic carbocycles. The van der Waals surface area contributed by atoms with Gasteiger partial charge in [-0.1, -0.05) is 12.1 Å². The molecule has 3 aromatic rings. The summed E-state index contributed by atoms with van der Waals surface area (Å²) in [5, 5.41) is 5.65. The SMILES string of the molecule is COc1ccc(OC)c(NC(=O)c2ccc(C(=O)Nc3cccc(C)c3)cc2)c1. The number of anilines is 2. The molecule has 2 amide bonds. The summed E-state index contributed by atoms with van der Waals surface area (Å²) in [5.41, 5.74) is 3.16. The van der Waals surface area contributed by atoms with Gasteiger partial charge in [-0.25, -0.2) is 0 Å². The van der Waals surface area contributed by atoms with Crippen LogP contribution in [0.3, 0.4) is 0 Å². The summed E-state index contributed by atoms with van der Waals surface area (Å²) in [6.45, 7) is 1.96. The van der Waals surface area contributed by atoms with Gasteiger partial charge in [0.1, 0.15) is 11.5 Å². The van der Waals surface area contributed by atoms with Crippen LogP contribution in [-0.2, 0) is 0 Å². The van der Waals surface area contributed by atoms with Crippen LogP contribution in [0.1, 0.15) is 26.3 Å². The van der Waals surface area contributed by atoms with Gasteiger partial charge in [0.2, 0.25) is 0 Å². The summed E-state index contributed by atoms with van der Waals surface area (Å²) >= 11 is 0. The van der Waals surface area contributed by atoms with Gasteiger partial charge in [-0.05, 0) is 61.0 Å². The van der Waals surface area contributed by atoms with Crippen molar-refractivity contribution in [2.24, 2.45) is 0 Å². The first kappa shape index (κ1) is 19.9. The van der Waals surface area contributed by atoms with Crippen LogP contribution in [0.2, 0.25) is 0 Å². The number of rotatable bonds is 6. The molecule has 0 fully saturated rings. The average molecular weight is 390 g/mol.